The van der Waals surface area contributed by atoms with Crippen LogP contribution < -0.4 is 10.6 Å². The van der Waals surface area contributed by atoms with Gasteiger partial charge in [-0.15, -0.1) is 0 Å². The zero-order valence-corrected chi connectivity index (χ0v) is 16.1. The summed E-state index contributed by atoms with van der Waals surface area (Å²) >= 11 is 0. The molecule has 3 rings (SSSR count). The first-order valence-electron chi connectivity index (χ1n) is 9.83. The minimum atomic E-state index is -0.335. The predicted molar refractivity (Wildman–Crippen MR) is 107 cm³/mol. The molecule has 0 saturated carbocycles. The number of piperidine rings is 1. The number of rotatable bonds is 6. The van der Waals surface area contributed by atoms with Gasteiger partial charge in [-0.05, 0) is 80.6 Å². The fourth-order valence-electron chi connectivity index (χ4n) is 3.90. The van der Waals surface area contributed by atoms with Gasteiger partial charge in [0.05, 0.1) is 0 Å². The van der Waals surface area contributed by atoms with Crippen LogP contribution in [0, 0.1) is 11.6 Å². The maximum Gasteiger partial charge on any atom is 0.319 e. The van der Waals surface area contributed by atoms with Crippen LogP contribution in [0.25, 0.3) is 0 Å². The second-order valence-corrected chi connectivity index (χ2v) is 7.32. The van der Waals surface area contributed by atoms with Gasteiger partial charge in [0.15, 0.2) is 0 Å². The molecule has 150 valence electrons. The van der Waals surface area contributed by atoms with Crippen molar-refractivity contribution in [3.8, 4) is 0 Å². The van der Waals surface area contributed by atoms with Gasteiger partial charge in [0.1, 0.15) is 11.6 Å². The first-order valence-corrected chi connectivity index (χ1v) is 9.83. The molecule has 2 unspecified atom stereocenters. The van der Waals surface area contributed by atoms with Crippen LogP contribution in [0.2, 0.25) is 0 Å². The minimum absolute atomic E-state index is 0.182. The number of carbonyl (C=O) groups is 1. The van der Waals surface area contributed by atoms with Crippen LogP contribution in [0.15, 0.2) is 48.5 Å². The Kier molecular flexibility index (Phi) is 6.98. The van der Waals surface area contributed by atoms with Gasteiger partial charge in [-0.3, -0.25) is 4.90 Å². The highest BCUT2D eigenvalue weighted by molar-refractivity contribution is 5.89. The standard InChI is InChI=1S/C22H27F2N3O/c1-16-21(17-5-2-6-19(24)15-17)7-3-13-27(16)14-4-12-25-22(28)26-20-10-8-18(23)9-11-20/h2,5-6,8-11,15-16,21H,3-4,7,12-14H2,1H3,(H2,25,26,28). The Balaban J connectivity index is 1.42. The molecule has 0 radical (unpaired) electrons. The molecule has 2 atom stereocenters. The molecule has 1 aliphatic rings. The van der Waals surface area contributed by atoms with Gasteiger partial charge >= 0.3 is 6.03 Å². The summed E-state index contributed by atoms with van der Waals surface area (Å²) in [5.74, 6) is -0.185. The molecule has 6 heteroatoms. The number of hydrogen-bond acceptors (Lipinski definition) is 2. The van der Waals surface area contributed by atoms with Crippen molar-refractivity contribution in [3.05, 3.63) is 65.7 Å². The maximum absolute atomic E-state index is 13.6. The Morgan fingerprint density at radius 1 is 1.14 bits per heavy atom. The lowest BCUT2D eigenvalue weighted by atomic mass is 9.84. The molecule has 2 N–H and O–H groups in total. The summed E-state index contributed by atoms with van der Waals surface area (Å²) < 4.78 is 26.5. The van der Waals surface area contributed by atoms with E-state index in [1.807, 2.05) is 6.07 Å². The van der Waals surface area contributed by atoms with Crippen molar-refractivity contribution in [3.63, 3.8) is 0 Å². The number of urea groups is 1. The third-order valence-corrected chi connectivity index (χ3v) is 5.41. The summed E-state index contributed by atoms with van der Waals surface area (Å²) in [5, 5.41) is 5.51. The van der Waals surface area contributed by atoms with E-state index < -0.39 is 0 Å². The quantitative estimate of drug-likeness (QED) is 0.703. The normalized spacial score (nSPS) is 20.0. The highest BCUT2D eigenvalue weighted by atomic mass is 19.1. The summed E-state index contributed by atoms with van der Waals surface area (Å²) in [6, 6.07) is 12.6. The van der Waals surface area contributed by atoms with E-state index in [2.05, 4.69) is 22.5 Å². The third-order valence-electron chi connectivity index (χ3n) is 5.41. The number of halogens is 2. The highest BCUT2D eigenvalue weighted by Gasteiger charge is 2.28. The number of nitrogens with one attached hydrogen (secondary N) is 2. The molecule has 0 bridgehead atoms. The molecule has 1 heterocycles. The van der Waals surface area contributed by atoms with Crippen LogP contribution in [-0.2, 0) is 0 Å². The lowest BCUT2D eigenvalue weighted by Crippen LogP contribution is -2.43. The Bertz CT molecular complexity index is 782. The topological polar surface area (TPSA) is 44.4 Å². The van der Waals surface area contributed by atoms with E-state index in [1.165, 1.54) is 30.3 Å². The molecule has 4 nitrogen and oxygen atoms in total. The first-order chi connectivity index (χ1) is 13.5. The van der Waals surface area contributed by atoms with Crippen molar-refractivity contribution in [2.45, 2.75) is 38.1 Å². The Morgan fingerprint density at radius 2 is 1.93 bits per heavy atom. The van der Waals surface area contributed by atoms with E-state index in [1.54, 1.807) is 12.1 Å². The molecule has 2 amide bonds. The number of hydrogen-bond donors (Lipinski definition) is 2. The maximum atomic E-state index is 13.6. The van der Waals surface area contributed by atoms with E-state index in [4.69, 9.17) is 0 Å². The van der Waals surface area contributed by atoms with E-state index in [9.17, 15) is 13.6 Å². The zero-order valence-electron chi connectivity index (χ0n) is 16.1. The predicted octanol–water partition coefficient (Wildman–Crippen LogP) is 4.74. The number of anilines is 1. The lowest BCUT2D eigenvalue weighted by Gasteiger charge is -2.39. The molecule has 0 aromatic heterocycles. The number of carbonyl (C=O) groups excluding carboxylic acids is 1. The van der Waals surface area contributed by atoms with Crippen molar-refractivity contribution in [2.24, 2.45) is 0 Å². The molecular weight excluding hydrogens is 360 g/mol. The molecule has 1 aliphatic heterocycles. The van der Waals surface area contributed by atoms with Crippen LogP contribution in [0.5, 0.6) is 0 Å². The number of benzene rings is 2. The Labute approximate surface area is 164 Å². The first kappa shape index (κ1) is 20.3. The largest absolute Gasteiger partial charge is 0.338 e. The third kappa shape index (κ3) is 5.52. The van der Waals surface area contributed by atoms with Gasteiger partial charge in [0.25, 0.3) is 0 Å². The van der Waals surface area contributed by atoms with Crippen LogP contribution in [0.1, 0.15) is 37.7 Å². The van der Waals surface area contributed by atoms with Crippen LogP contribution >= 0.6 is 0 Å². The molecule has 0 spiro atoms. The van der Waals surface area contributed by atoms with Gasteiger partial charge in [0.2, 0.25) is 0 Å². The summed E-state index contributed by atoms with van der Waals surface area (Å²) in [6.45, 7) is 4.66. The SMILES string of the molecule is CC1C(c2cccc(F)c2)CCCN1CCCNC(=O)Nc1ccc(F)cc1. The smallest absolute Gasteiger partial charge is 0.319 e. The fraction of sp³-hybridized carbons (Fsp3) is 0.409. The van der Waals surface area contributed by atoms with Crippen molar-refractivity contribution < 1.29 is 13.6 Å². The minimum Gasteiger partial charge on any atom is -0.338 e. The molecule has 28 heavy (non-hydrogen) atoms. The van der Waals surface area contributed by atoms with Gasteiger partial charge in [-0.25, -0.2) is 13.6 Å². The van der Waals surface area contributed by atoms with Gasteiger partial charge in [0, 0.05) is 24.8 Å². The summed E-state index contributed by atoms with van der Waals surface area (Å²) in [5.41, 5.74) is 1.62. The lowest BCUT2D eigenvalue weighted by molar-refractivity contribution is 0.137. The van der Waals surface area contributed by atoms with E-state index in [-0.39, 0.29) is 17.7 Å². The number of likely N-dealkylation sites (tertiary alicyclic amines) is 1. The second kappa shape index (κ2) is 9.64. The Morgan fingerprint density at radius 3 is 2.68 bits per heavy atom. The van der Waals surface area contributed by atoms with Crippen molar-refractivity contribution >= 4 is 11.7 Å². The number of nitrogens with zero attached hydrogens (tertiary/aromatic N) is 1. The van der Waals surface area contributed by atoms with Crippen molar-refractivity contribution in [1.82, 2.24) is 10.2 Å². The molecule has 0 aliphatic carbocycles. The molecule has 2 aromatic carbocycles. The van der Waals surface area contributed by atoms with Crippen LogP contribution in [-0.4, -0.2) is 36.6 Å². The average Bonchev–Trinajstić information content (AvgIpc) is 2.68. The highest BCUT2D eigenvalue weighted by Crippen LogP contribution is 2.32. The second-order valence-electron chi connectivity index (χ2n) is 7.32. The fourth-order valence-corrected chi connectivity index (χ4v) is 3.90. The van der Waals surface area contributed by atoms with Gasteiger partial charge in [-0.2, -0.15) is 0 Å². The molecule has 2 aromatic rings. The summed E-state index contributed by atoms with van der Waals surface area (Å²) in [7, 11) is 0. The van der Waals surface area contributed by atoms with E-state index in [0.717, 1.165) is 37.9 Å². The summed E-state index contributed by atoms with van der Waals surface area (Å²) in [6.07, 6.45) is 2.99. The van der Waals surface area contributed by atoms with Crippen molar-refractivity contribution in [2.75, 3.05) is 25.0 Å². The molecular formula is C22H27F2N3O. The zero-order chi connectivity index (χ0) is 19.9. The molecule has 1 saturated heterocycles. The molecule has 1 fully saturated rings. The van der Waals surface area contributed by atoms with Crippen LogP contribution in [0.4, 0.5) is 19.3 Å². The summed E-state index contributed by atoms with van der Waals surface area (Å²) in [4.78, 5) is 14.3. The average molecular weight is 387 g/mol. The van der Waals surface area contributed by atoms with E-state index in [0.29, 0.717) is 24.2 Å². The Hall–Kier alpha value is -2.47. The van der Waals surface area contributed by atoms with Gasteiger partial charge < -0.3 is 10.6 Å². The van der Waals surface area contributed by atoms with Gasteiger partial charge in [-0.1, -0.05) is 12.1 Å². The van der Waals surface area contributed by atoms with Crippen molar-refractivity contribution in [1.29, 1.82) is 0 Å². The van der Waals surface area contributed by atoms with Crippen LogP contribution in [0.3, 0.4) is 0 Å². The number of amides is 2. The monoisotopic (exact) mass is 387 g/mol. The van der Waals surface area contributed by atoms with E-state index >= 15 is 0 Å².